The van der Waals surface area contributed by atoms with Gasteiger partial charge in [-0.15, -0.1) is 0 Å². The number of hydrogen-bond acceptors (Lipinski definition) is 3. The molecule has 3 heteroatoms. The Kier molecular flexibility index (Phi) is 7.73. The highest BCUT2D eigenvalue weighted by Crippen LogP contribution is 2.39. The molecule has 0 aliphatic heterocycles. The molecule has 0 fully saturated rings. The summed E-state index contributed by atoms with van der Waals surface area (Å²) < 4.78 is 4.25. The zero-order valence-electron chi connectivity index (χ0n) is 19.3. The van der Waals surface area contributed by atoms with Crippen LogP contribution >= 0.6 is 0 Å². The standard InChI is InChI=1S/C23H32O2.C2H6O/c1-14-9-16(20(24)18(11-14)22(3,4)5)13-17-10-15(2)12-19(21(17)25)23(6,7)8;1-3-2/h9-12,24-25H,13H2,1-8H3;1-2H3. The molecule has 156 valence electrons. The smallest absolute Gasteiger partial charge is 0.122 e. The van der Waals surface area contributed by atoms with Crippen molar-refractivity contribution in [3.05, 3.63) is 57.6 Å². The quantitative estimate of drug-likeness (QED) is 0.649. The van der Waals surface area contributed by atoms with E-state index in [0.29, 0.717) is 17.9 Å². The van der Waals surface area contributed by atoms with Crippen LogP contribution in [0.1, 0.15) is 74.9 Å². The number of phenols is 2. The Balaban J connectivity index is 0.00000122. The van der Waals surface area contributed by atoms with E-state index in [-0.39, 0.29) is 10.8 Å². The molecule has 2 aromatic carbocycles. The van der Waals surface area contributed by atoms with E-state index >= 15 is 0 Å². The Morgan fingerprint density at radius 1 is 0.679 bits per heavy atom. The van der Waals surface area contributed by atoms with E-state index in [1.54, 1.807) is 14.2 Å². The van der Waals surface area contributed by atoms with Gasteiger partial charge in [0.05, 0.1) is 0 Å². The molecule has 0 atom stereocenters. The lowest BCUT2D eigenvalue weighted by molar-refractivity contribution is 0.277. The maximum Gasteiger partial charge on any atom is 0.122 e. The van der Waals surface area contributed by atoms with Crippen LogP contribution in [0.2, 0.25) is 0 Å². The summed E-state index contributed by atoms with van der Waals surface area (Å²) in [6, 6.07) is 8.14. The maximum absolute atomic E-state index is 10.8. The fraction of sp³-hybridized carbons (Fsp3) is 0.520. The third-order valence-electron chi connectivity index (χ3n) is 4.66. The SMILES string of the molecule is COC.Cc1cc(Cc2cc(C)cc(C(C)(C)C)c2O)c(O)c(C(C)(C)C)c1. The average Bonchev–Trinajstić information content (AvgIpc) is 2.52. The molecule has 0 amide bonds. The van der Waals surface area contributed by atoms with Crippen LogP contribution in [0.25, 0.3) is 0 Å². The third-order valence-corrected chi connectivity index (χ3v) is 4.66. The first-order valence-electron chi connectivity index (χ1n) is 9.78. The summed E-state index contributed by atoms with van der Waals surface area (Å²) in [6.45, 7) is 16.7. The largest absolute Gasteiger partial charge is 0.507 e. The lowest BCUT2D eigenvalue weighted by Gasteiger charge is -2.25. The predicted molar refractivity (Wildman–Crippen MR) is 119 cm³/mol. The molecule has 0 aliphatic rings. The van der Waals surface area contributed by atoms with Crippen molar-refractivity contribution in [3.63, 3.8) is 0 Å². The lowest BCUT2D eigenvalue weighted by Crippen LogP contribution is -2.14. The number of benzene rings is 2. The predicted octanol–water partition coefficient (Wildman–Crippen LogP) is 6.16. The Morgan fingerprint density at radius 2 is 0.964 bits per heavy atom. The maximum atomic E-state index is 10.8. The number of aromatic hydroxyl groups is 2. The Morgan fingerprint density at radius 3 is 1.21 bits per heavy atom. The molecule has 3 nitrogen and oxygen atoms in total. The molecular formula is C25H38O3. The second kappa shape index (κ2) is 9.00. The van der Waals surface area contributed by atoms with Crippen molar-refractivity contribution in [2.75, 3.05) is 14.2 Å². The Labute approximate surface area is 171 Å². The van der Waals surface area contributed by atoms with Gasteiger partial charge >= 0.3 is 0 Å². The third kappa shape index (κ3) is 6.00. The van der Waals surface area contributed by atoms with Gasteiger partial charge < -0.3 is 14.9 Å². The Hall–Kier alpha value is -2.00. The second-order valence-electron chi connectivity index (χ2n) is 9.73. The zero-order chi connectivity index (χ0) is 21.9. The van der Waals surface area contributed by atoms with Crippen LogP contribution in [-0.4, -0.2) is 24.4 Å². The molecule has 0 unspecified atom stereocenters. The van der Waals surface area contributed by atoms with E-state index in [4.69, 9.17) is 0 Å². The van der Waals surface area contributed by atoms with Crippen LogP contribution in [0.4, 0.5) is 0 Å². The van der Waals surface area contributed by atoms with E-state index in [1.165, 1.54) is 0 Å². The monoisotopic (exact) mass is 386 g/mol. The molecule has 0 saturated heterocycles. The van der Waals surface area contributed by atoms with Gasteiger partial charge in [-0.2, -0.15) is 0 Å². The van der Waals surface area contributed by atoms with Crippen molar-refractivity contribution in [1.29, 1.82) is 0 Å². The minimum atomic E-state index is -0.129. The van der Waals surface area contributed by atoms with Gasteiger partial charge in [-0.3, -0.25) is 0 Å². The van der Waals surface area contributed by atoms with Crippen molar-refractivity contribution in [3.8, 4) is 11.5 Å². The summed E-state index contributed by atoms with van der Waals surface area (Å²) in [5.41, 5.74) is 5.63. The van der Waals surface area contributed by atoms with Crippen LogP contribution in [0.3, 0.4) is 0 Å². The normalized spacial score (nSPS) is 11.8. The second-order valence-corrected chi connectivity index (χ2v) is 9.73. The summed E-state index contributed by atoms with van der Waals surface area (Å²) in [7, 11) is 3.25. The first kappa shape index (κ1) is 24.0. The Bertz CT molecular complexity index is 739. The summed E-state index contributed by atoms with van der Waals surface area (Å²) >= 11 is 0. The van der Waals surface area contributed by atoms with E-state index in [1.807, 2.05) is 12.1 Å². The number of rotatable bonds is 2. The van der Waals surface area contributed by atoms with Gasteiger partial charge in [-0.05, 0) is 46.9 Å². The van der Waals surface area contributed by atoms with Crippen LogP contribution in [0.15, 0.2) is 24.3 Å². The van der Waals surface area contributed by atoms with E-state index in [0.717, 1.165) is 33.4 Å². The van der Waals surface area contributed by atoms with Gasteiger partial charge in [0.25, 0.3) is 0 Å². The van der Waals surface area contributed by atoms with Gasteiger partial charge in [0.2, 0.25) is 0 Å². The summed E-state index contributed by atoms with van der Waals surface area (Å²) in [4.78, 5) is 0. The van der Waals surface area contributed by atoms with Crippen LogP contribution in [0.5, 0.6) is 11.5 Å². The number of aryl methyl sites for hydroxylation is 2. The number of hydrogen-bond donors (Lipinski definition) is 2. The van der Waals surface area contributed by atoms with E-state index in [9.17, 15) is 10.2 Å². The van der Waals surface area contributed by atoms with Gasteiger partial charge in [0, 0.05) is 20.6 Å². The molecule has 0 radical (unpaired) electrons. The molecule has 28 heavy (non-hydrogen) atoms. The van der Waals surface area contributed by atoms with E-state index in [2.05, 4.69) is 72.3 Å². The van der Waals surface area contributed by atoms with Gasteiger partial charge in [0.1, 0.15) is 11.5 Å². The molecule has 0 saturated carbocycles. The van der Waals surface area contributed by atoms with Crippen molar-refractivity contribution < 1.29 is 14.9 Å². The molecule has 0 aliphatic carbocycles. The fourth-order valence-corrected chi connectivity index (χ4v) is 3.33. The van der Waals surface area contributed by atoms with Gasteiger partial charge in [-0.1, -0.05) is 76.9 Å². The van der Waals surface area contributed by atoms with E-state index < -0.39 is 0 Å². The minimum Gasteiger partial charge on any atom is -0.507 e. The number of ether oxygens (including phenoxy) is 1. The first-order valence-corrected chi connectivity index (χ1v) is 9.78. The molecule has 0 aromatic heterocycles. The van der Waals surface area contributed by atoms with Crippen LogP contribution in [-0.2, 0) is 22.0 Å². The van der Waals surface area contributed by atoms with Gasteiger partial charge in [0.15, 0.2) is 0 Å². The highest BCUT2D eigenvalue weighted by atomic mass is 16.4. The fourth-order valence-electron chi connectivity index (χ4n) is 3.33. The number of phenolic OH excluding ortho intramolecular Hbond substituents is 2. The van der Waals surface area contributed by atoms with Crippen molar-refractivity contribution >= 4 is 0 Å². The summed E-state index contributed by atoms with van der Waals surface area (Å²) in [5, 5.41) is 21.6. The minimum absolute atomic E-state index is 0.129. The van der Waals surface area contributed by atoms with Crippen molar-refractivity contribution in [2.45, 2.75) is 72.6 Å². The van der Waals surface area contributed by atoms with Gasteiger partial charge in [-0.25, -0.2) is 0 Å². The molecule has 2 N–H and O–H groups in total. The molecule has 2 rings (SSSR count). The first-order chi connectivity index (χ1) is 12.7. The van der Waals surface area contributed by atoms with Crippen LogP contribution < -0.4 is 0 Å². The molecule has 0 heterocycles. The zero-order valence-corrected chi connectivity index (χ0v) is 19.3. The molecular weight excluding hydrogens is 348 g/mol. The molecule has 0 bridgehead atoms. The highest BCUT2D eigenvalue weighted by molar-refractivity contribution is 5.53. The molecule has 2 aromatic rings. The molecule has 0 spiro atoms. The summed E-state index contributed by atoms with van der Waals surface area (Å²) in [5.74, 6) is 0.688. The topological polar surface area (TPSA) is 49.7 Å². The van der Waals surface area contributed by atoms with Crippen LogP contribution in [0, 0.1) is 13.8 Å². The highest BCUT2D eigenvalue weighted by Gasteiger charge is 2.24. The van der Waals surface area contributed by atoms with Crippen molar-refractivity contribution in [1.82, 2.24) is 0 Å². The number of methoxy groups -OCH3 is 1. The van der Waals surface area contributed by atoms with Crippen molar-refractivity contribution in [2.24, 2.45) is 0 Å². The lowest BCUT2D eigenvalue weighted by atomic mass is 9.81. The summed E-state index contributed by atoms with van der Waals surface area (Å²) in [6.07, 6.45) is 0.521. The average molecular weight is 387 g/mol.